The Morgan fingerprint density at radius 1 is 1.11 bits per heavy atom. The molecule has 0 aromatic heterocycles. The van der Waals surface area contributed by atoms with Crippen LogP contribution in [0.3, 0.4) is 0 Å². The average molecular weight is 411 g/mol. The summed E-state index contributed by atoms with van der Waals surface area (Å²) in [5.74, 6) is 0.355. The van der Waals surface area contributed by atoms with Crippen molar-refractivity contribution in [2.24, 2.45) is 0 Å². The summed E-state index contributed by atoms with van der Waals surface area (Å²) in [6, 6.07) is 11.3. The van der Waals surface area contributed by atoms with E-state index in [0.29, 0.717) is 18.0 Å². The van der Waals surface area contributed by atoms with E-state index in [1.807, 2.05) is 12.3 Å². The van der Waals surface area contributed by atoms with Gasteiger partial charge in [-0.05, 0) is 56.5 Å². The summed E-state index contributed by atoms with van der Waals surface area (Å²) < 4.78 is 38.3. The number of thioether (sulfide) groups is 1. The Labute approximate surface area is 163 Å². The Bertz CT molecular complexity index is 900. The van der Waals surface area contributed by atoms with E-state index in [1.165, 1.54) is 30.0 Å². The number of carbonyl (C=O) groups is 1. The van der Waals surface area contributed by atoms with Gasteiger partial charge in [0.1, 0.15) is 5.75 Å². The number of hydrogen-bond donors (Lipinski definition) is 2. The summed E-state index contributed by atoms with van der Waals surface area (Å²) in [5.41, 5.74) is 0.673. The highest BCUT2D eigenvalue weighted by Gasteiger charge is 2.18. The molecule has 0 unspecified atom stereocenters. The molecule has 0 saturated carbocycles. The molecule has 7 nitrogen and oxygen atoms in total. The Kier molecular flexibility index (Phi) is 7.37. The molecule has 9 heteroatoms. The lowest BCUT2D eigenvalue weighted by atomic mass is 10.3. The highest BCUT2D eigenvalue weighted by Crippen LogP contribution is 2.29. The number of anilines is 2. The number of benzene rings is 2. The summed E-state index contributed by atoms with van der Waals surface area (Å²) in [7, 11) is -3.85. The van der Waals surface area contributed by atoms with Crippen LogP contribution in [-0.2, 0) is 14.8 Å². The van der Waals surface area contributed by atoms with Crippen molar-refractivity contribution in [2.75, 3.05) is 29.5 Å². The Morgan fingerprint density at radius 2 is 1.89 bits per heavy atom. The lowest BCUT2D eigenvalue weighted by Gasteiger charge is -2.14. The van der Waals surface area contributed by atoms with Crippen molar-refractivity contribution >= 4 is 39.3 Å². The maximum atomic E-state index is 12.7. The van der Waals surface area contributed by atoms with Gasteiger partial charge in [0, 0.05) is 10.6 Å². The molecule has 0 radical (unpaired) electrons. The Hall–Kier alpha value is -2.39. The minimum atomic E-state index is -3.85. The second-order valence-electron chi connectivity index (χ2n) is 5.27. The predicted molar refractivity (Wildman–Crippen MR) is 107 cm³/mol. The van der Waals surface area contributed by atoms with Gasteiger partial charge in [-0.15, -0.1) is 11.8 Å². The van der Waals surface area contributed by atoms with Crippen LogP contribution < -0.4 is 14.8 Å². The topological polar surface area (TPSA) is 93.7 Å². The van der Waals surface area contributed by atoms with Gasteiger partial charge in [-0.25, -0.2) is 13.2 Å². The Morgan fingerprint density at radius 3 is 2.56 bits per heavy atom. The van der Waals surface area contributed by atoms with Crippen molar-refractivity contribution in [3.63, 3.8) is 0 Å². The van der Waals surface area contributed by atoms with Crippen LogP contribution in [0.2, 0.25) is 0 Å². The van der Waals surface area contributed by atoms with Crippen LogP contribution in [0.5, 0.6) is 5.75 Å². The van der Waals surface area contributed by atoms with Gasteiger partial charge < -0.3 is 9.47 Å². The molecule has 2 aromatic rings. The minimum absolute atomic E-state index is 0.00712. The fourth-order valence-electron chi connectivity index (χ4n) is 2.23. The largest absolute Gasteiger partial charge is 0.492 e. The number of carbonyl (C=O) groups excluding carboxylic acids is 1. The van der Waals surface area contributed by atoms with E-state index in [2.05, 4.69) is 10.0 Å². The van der Waals surface area contributed by atoms with Gasteiger partial charge in [-0.3, -0.25) is 10.0 Å². The van der Waals surface area contributed by atoms with Gasteiger partial charge in [0.2, 0.25) is 0 Å². The summed E-state index contributed by atoms with van der Waals surface area (Å²) in [6.07, 6.45) is 1.22. The molecule has 1 amide bonds. The van der Waals surface area contributed by atoms with E-state index < -0.39 is 16.1 Å². The maximum Gasteiger partial charge on any atom is 0.411 e. The van der Waals surface area contributed by atoms with Crippen LogP contribution in [0, 0.1) is 0 Å². The van der Waals surface area contributed by atoms with Gasteiger partial charge in [-0.2, -0.15) is 0 Å². The number of sulfonamides is 1. The van der Waals surface area contributed by atoms with E-state index in [4.69, 9.17) is 9.47 Å². The fraction of sp³-hybridized carbons (Fsp3) is 0.278. The number of nitrogens with one attached hydrogen (secondary N) is 2. The predicted octanol–water partition coefficient (Wildman–Crippen LogP) is 4.18. The average Bonchev–Trinajstić information content (AvgIpc) is 2.63. The van der Waals surface area contributed by atoms with Gasteiger partial charge in [-0.1, -0.05) is 6.07 Å². The molecule has 0 aliphatic heterocycles. The van der Waals surface area contributed by atoms with Crippen molar-refractivity contribution in [2.45, 2.75) is 23.6 Å². The van der Waals surface area contributed by atoms with Crippen LogP contribution in [0.15, 0.2) is 52.3 Å². The van der Waals surface area contributed by atoms with Crippen molar-refractivity contribution in [1.29, 1.82) is 0 Å². The summed E-state index contributed by atoms with van der Waals surface area (Å²) in [4.78, 5) is 12.7. The molecule has 2 aromatic carbocycles. The van der Waals surface area contributed by atoms with E-state index in [-0.39, 0.29) is 17.2 Å². The van der Waals surface area contributed by atoms with Crippen LogP contribution in [0.1, 0.15) is 13.8 Å². The van der Waals surface area contributed by atoms with Gasteiger partial charge in [0.25, 0.3) is 10.0 Å². The second-order valence-corrected chi connectivity index (χ2v) is 7.84. The summed E-state index contributed by atoms with van der Waals surface area (Å²) >= 11 is 1.51. The molecule has 0 heterocycles. The highest BCUT2D eigenvalue weighted by atomic mass is 32.2. The summed E-state index contributed by atoms with van der Waals surface area (Å²) in [6.45, 7) is 4.03. The molecule has 27 heavy (non-hydrogen) atoms. The van der Waals surface area contributed by atoms with Crippen LogP contribution in [0.25, 0.3) is 0 Å². The molecular weight excluding hydrogens is 388 g/mol. The van der Waals surface area contributed by atoms with E-state index in [9.17, 15) is 13.2 Å². The molecular formula is C18H22N2O5S2. The number of rotatable bonds is 8. The molecule has 0 aliphatic carbocycles. The minimum Gasteiger partial charge on any atom is -0.492 e. The molecule has 0 aliphatic rings. The third-order valence-corrected chi connectivity index (χ3v) is 5.50. The highest BCUT2D eigenvalue weighted by molar-refractivity contribution is 7.98. The zero-order valence-electron chi connectivity index (χ0n) is 15.3. The standard InChI is InChI=1S/C18H22N2O5S2/c1-4-24-17-10-9-15(12-16(17)19-18(21)25-5-2)27(22,23)20-13-7-6-8-14(11-13)26-3/h6-12,20H,4-5H2,1-3H3,(H,19,21). The molecule has 0 bridgehead atoms. The first-order valence-corrected chi connectivity index (χ1v) is 11.0. The molecule has 0 saturated heterocycles. The monoisotopic (exact) mass is 410 g/mol. The smallest absolute Gasteiger partial charge is 0.411 e. The molecule has 0 atom stereocenters. The zero-order chi connectivity index (χ0) is 19.9. The molecule has 2 rings (SSSR count). The van der Waals surface area contributed by atoms with E-state index in [1.54, 1.807) is 32.0 Å². The van der Waals surface area contributed by atoms with Crippen LogP contribution in [-0.4, -0.2) is 34.0 Å². The molecule has 146 valence electrons. The van der Waals surface area contributed by atoms with Crippen molar-refractivity contribution in [3.05, 3.63) is 42.5 Å². The SMILES string of the molecule is CCOC(=O)Nc1cc(S(=O)(=O)Nc2cccc(SC)c2)ccc1OCC. The normalized spacial score (nSPS) is 10.9. The zero-order valence-corrected chi connectivity index (χ0v) is 16.9. The third-order valence-electron chi connectivity index (χ3n) is 3.40. The van der Waals surface area contributed by atoms with Crippen LogP contribution >= 0.6 is 11.8 Å². The lowest BCUT2D eigenvalue weighted by molar-refractivity contribution is 0.167. The number of hydrogen-bond acceptors (Lipinski definition) is 6. The maximum absolute atomic E-state index is 12.7. The fourth-order valence-corrected chi connectivity index (χ4v) is 3.77. The van der Waals surface area contributed by atoms with Gasteiger partial charge in [0.15, 0.2) is 0 Å². The van der Waals surface area contributed by atoms with Crippen molar-refractivity contribution in [1.82, 2.24) is 0 Å². The van der Waals surface area contributed by atoms with E-state index >= 15 is 0 Å². The first kappa shape index (κ1) is 20.9. The summed E-state index contributed by atoms with van der Waals surface area (Å²) in [5, 5.41) is 2.51. The van der Waals surface area contributed by atoms with Crippen LogP contribution in [0.4, 0.5) is 16.2 Å². The molecule has 0 spiro atoms. The number of amides is 1. The van der Waals surface area contributed by atoms with Gasteiger partial charge >= 0.3 is 6.09 Å². The molecule has 0 fully saturated rings. The van der Waals surface area contributed by atoms with E-state index in [0.717, 1.165) is 4.90 Å². The quantitative estimate of drug-likeness (QED) is 0.634. The Balaban J connectivity index is 2.33. The second kappa shape index (κ2) is 9.52. The third kappa shape index (κ3) is 5.80. The van der Waals surface area contributed by atoms with Crippen molar-refractivity contribution < 1.29 is 22.7 Å². The van der Waals surface area contributed by atoms with Crippen molar-refractivity contribution in [3.8, 4) is 5.75 Å². The lowest BCUT2D eigenvalue weighted by Crippen LogP contribution is -2.16. The molecule has 2 N–H and O–H groups in total. The first-order valence-electron chi connectivity index (χ1n) is 8.27. The number of ether oxygens (including phenoxy) is 2. The van der Waals surface area contributed by atoms with Gasteiger partial charge in [0.05, 0.1) is 23.8 Å². The first-order chi connectivity index (χ1) is 12.9.